The van der Waals surface area contributed by atoms with Gasteiger partial charge in [0.05, 0.1) is 18.1 Å². The Hall–Kier alpha value is -0.130. The molecule has 0 saturated carbocycles. The number of methoxy groups -OCH3 is 1. The molecular weight excluding hydrogens is 226 g/mol. The summed E-state index contributed by atoms with van der Waals surface area (Å²) in [6.07, 6.45) is 0.807. The van der Waals surface area contributed by atoms with Crippen LogP contribution in [-0.4, -0.2) is 46.7 Å². The molecule has 0 amide bonds. The molecule has 4 nitrogen and oxygen atoms in total. The Kier molecular flexibility index (Phi) is 4.76. The standard InChI is InChI=1S/C11H23NO3S/c1-11(2,9-12-5-6-15-3)10-4-7-16(13,14)8-10/h10,12H,4-9H2,1-3H3. The second kappa shape index (κ2) is 5.47. The van der Waals surface area contributed by atoms with Gasteiger partial charge in [-0.15, -0.1) is 0 Å². The van der Waals surface area contributed by atoms with Crippen LogP contribution in [0.4, 0.5) is 0 Å². The molecule has 1 N–H and O–H groups in total. The highest BCUT2D eigenvalue weighted by Crippen LogP contribution is 2.34. The van der Waals surface area contributed by atoms with Crippen LogP contribution in [0.2, 0.25) is 0 Å². The van der Waals surface area contributed by atoms with Crippen molar-refractivity contribution >= 4 is 9.84 Å². The summed E-state index contributed by atoms with van der Waals surface area (Å²) >= 11 is 0. The Labute approximate surface area is 98.7 Å². The number of ether oxygens (including phenoxy) is 1. The van der Waals surface area contributed by atoms with Gasteiger partial charge in [-0.2, -0.15) is 0 Å². The van der Waals surface area contributed by atoms with Crippen LogP contribution in [-0.2, 0) is 14.6 Å². The van der Waals surface area contributed by atoms with Crippen molar-refractivity contribution in [2.24, 2.45) is 11.3 Å². The average Bonchev–Trinajstić information content (AvgIpc) is 2.54. The molecule has 0 bridgehead atoms. The summed E-state index contributed by atoms with van der Waals surface area (Å²) in [5, 5.41) is 3.31. The summed E-state index contributed by atoms with van der Waals surface area (Å²) < 4.78 is 27.8. The lowest BCUT2D eigenvalue weighted by atomic mass is 9.78. The molecular formula is C11H23NO3S. The first-order valence-electron chi connectivity index (χ1n) is 5.77. The first-order chi connectivity index (χ1) is 7.37. The van der Waals surface area contributed by atoms with Crippen LogP contribution in [0, 0.1) is 11.3 Å². The van der Waals surface area contributed by atoms with Gasteiger partial charge in [0, 0.05) is 20.2 Å². The third kappa shape index (κ3) is 4.03. The first kappa shape index (κ1) is 13.9. The van der Waals surface area contributed by atoms with Gasteiger partial charge < -0.3 is 10.1 Å². The number of hydrogen-bond acceptors (Lipinski definition) is 4. The second-order valence-electron chi connectivity index (χ2n) is 5.26. The van der Waals surface area contributed by atoms with E-state index in [4.69, 9.17) is 4.74 Å². The maximum absolute atomic E-state index is 11.4. The Bertz CT molecular complexity index is 311. The maximum Gasteiger partial charge on any atom is 0.150 e. The molecule has 1 atom stereocenters. The van der Waals surface area contributed by atoms with E-state index >= 15 is 0 Å². The van der Waals surface area contributed by atoms with Crippen LogP contribution in [0.25, 0.3) is 0 Å². The van der Waals surface area contributed by atoms with Gasteiger partial charge in [-0.25, -0.2) is 8.42 Å². The van der Waals surface area contributed by atoms with Gasteiger partial charge in [-0.3, -0.25) is 0 Å². The molecule has 16 heavy (non-hydrogen) atoms. The monoisotopic (exact) mass is 249 g/mol. The molecule has 1 fully saturated rings. The van der Waals surface area contributed by atoms with Gasteiger partial charge >= 0.3 is 0 Å². The number of hydrogen-bond donors (Lipinski definition) is 1. The normalized spacial score (nSPS) is 24.8. The van der Waals surface area contributed by atoms with Gasteiger partial charge in [0.1, 0.15) is 0 Å². The molecule has 0 radical (unpaired) electrons. The quantitative estimate of drug-likeness (QED) is 0.704. The lowest BCUT2D eigenvalue weighted by molar-refractivity contribution is 0.182. The van der Waals surface area contributed by atoms with Gasteiger partial charge in [0.2, 0.25) is 0 Å². The van der Waals surface area contributed by atoms with Crippen LogP contribution in [0.1, 0.15) is 20.3 Å². The topological polar surface area (TPSA) is 55.4 Å². The van der Waals surface area contributed by atoms with Crippen molar-refractivity contribution < 1.29 is 13.2 Å². The Morgan fingerprint density at radius 2 is 2.12 bits per heavy atom. The molecule has 0 spiro atoms. The van der Waals surface area contributed by atoms with Crippen molar-refractivity contribution in [2.75, 3.05) is 38.3 Å². The third-order valence-electron chi connectivity index (χ3n) is 3.40. The minimum Gasteiger partial charge on any atom is -0.383 e. The van der Waals surface area contributed by atoms with Crippen molar-refractivity contribution in [3.8, 4) is 0 Å². The molecule has 96 valence electrons. The highest BCUT2D eigenvalue weighted by atomic mass is 32.2. The molecule has 1 aliphatic rings. The van der Waals surface area contributed by atoms with Crippen LogP contribution in [0.3, 0.4) is 0 Å². The highest BCUT2D eigenvalue weighted by molar-refractivity contribution is 7.91. The van der Waals surface area contributed by atoms with Gasteiger partial charge in [-0.05, 0) is 17.8 Å². The lowest BCUT2D eigenvalue weighted by Gasteiger charge is -2.31. The van der Waals surface area contributed by atoms with Crippen LogP contribution in [0.5, 0.6) is 0 Å². The largest absolute Gasteiger partial charge is 0.383 e. The van der Waals surface area contributed by atoms with E-state index in [1.807, 2.05) is 0 Å². The van der Waals surface area contributed by atoms with E-state index in [0.717, 1.165) is 19.5 Å². The lowest BCUT2D eigenvalue weighted by Crippen LogP contribution is -2.37. The van der Waals surface area contributed by atoms with E-state index in [1.165, 1.54) is 0 Å². The molecule has 0 aliphatic carbocycles. The summed E-state index contributed by atoms with van der Waals surface area (Å²) in [5.74, 6) is 0.998. The molecule has 1 rings (SSSR count). The van der Waals surface area contributed by atoms with E-state index in [9.17, 15) is 8.42 Å². The van der Waals surface area contributed by atoms with Gasteiger partial charge in [-0.1, -0.05) is 13.8 Å². The minimum absolute atomic E-state index is 0.0390. The molecule has 1 heterocycles. The van der Waals surface area contributed by atoms with E-state index in [-0.39, 0.29) is 11.3 Å². The van der Waals surface area contributed by atoms with E-state index < -0.39 is 9.84 Å². The predicted octanol–water partition coefficient (Wildman–Crippen LogP) is 0.683. The maximum atomic E-state index is 11.4. The summed E-state index contributed by atoms with van der Waals surface area (Å²) in [7, 11) is -1.09. The number of sulfone groups is 1. The zero-order valence-corrected chi connectivity index (χ0v) is 11.3. The van der Waals surface area contributed by atoms with E-state index in [1.54, 1.807) is 7.11 Å². The SMILES string of the molecule is COCCNCC(C)(C)C1CCS(=O)(=O)C1. The molecule has 5 heteroatoms. The van der Waals surface area contributed by atoms with Crippen LogP contribution >= 0.6 is 0 Å². The van der Waals surface area contributed by atoms with Crippen molar-refractivity contribution in [3.63, 3.8) is 0 Å². The fourth-order valence-electron chi connectivity index (χ4n) is 2.14. The van der Waals surface area contributed by atoms with Crippen molar-refractivity contribution in [3.05, 3.63) is 0 Å². The molecule has 0 aromatic carbocycles. The fraction of sp³-hybridized carbons (Fsp3) is 1.00. The van der Waals surface area contributed by atoms with Crippen molar-refractivity contribution in [2.45, 2.75) is 20.3 Å². The first-order valence-corrected chi connectivity index (χ1v) is 7.59. The fourth-order valence-corrected chi connectivity index (χ4v) is 4.18. The Morgan fingerprint density at radius 3 is 2.62 bits per heavy atom. The summed E-state index contributed by atoms with van der Waals surface area (Å²) in [6, 6.07) is 0. The van der Waals surface area contributed by atoms with Gasteiger partial charge in [0.15, 0.2) is 9.84 Å². The van der Waals surface area contributed by atoms with Crippen LogP contribution in [0.15, 0.2) is 0 Å². The molecule has 1 aliphatic heterocycles. The average molecular weight is 249 g/mol. The Balaban J connectivity index is 2.39. The minimum atomic E-state index is -2.77. The summed E-state index contributed by atoms with van der Waals surface area (Å²) in [6.45, 7) is 6.63. The van der Waals surface area contributed by atoms with Crippen LogP contribution < -0.4 is 5.32 Å². The predicted molar refractivity (Wildman–Crippen MR) is 65.3 cm³/mol. The number of rotatable bonds is 6. The molecule has 1 unspecified atom stereocenters. The Morgan fingerprint density at radius 1 is 1.44 bits per heavy atom. The zero-order chi connectivity index (χ0) is 12.2. The zero-order valence-electron chi connectivity index (χ0n) is 10.5. The van der Waals surface area contributed by atoms with E-state index in [0.29, 0.717) is 18.1 Å². The third-order valence-corrected chi connectivity index (χ3v) is 5.17. The summed E-state index contributed by atoms with van der Waals surface area (Å²) in [4.78, 5) is 0. The number of nitrogens with one attached hydrogen (secondary N) is 1. The van der Waals surface area contributed by atoms with E-state index in [2.05, 4.69) is 19.2 Å². The van der Waals surface area contributed by atoms with Crippen molar-refractivity contribution in [1.82, 2.24) is 5.32 Å². The highest BCUT2D eigenvalue weighted by Gasteiger charge is 2.38. The molecule has 1 saturated heterocycles. The second-order valence-corrected chi connectivity index (χ2v) is 7.49. The van der Waals surface area contributed by atoms with Gasteiger partial charge in [0.25, 0.3) is 0 Å². The smallest absolute Gasteiger partial charge is 0.150 e. The molecule has 0 aromatic heterocycles. The van der Waals surface area contributed by atoms with Crippen molar-refractivity contribution in [1.29, 1.82) is 0 Å². The molecule has 0 aromatic rings. The summed E-state index contributed by atoms with van der Waals surface area (Å²) in [5.41, 5.74) is 0.0390.